The first-order chi connectivity index (χ1) is 30.2. The molecule has 3 nitrogen and oxygen atoms in total. The molecule has 0 aliphatic rings. The summed E-state index contributed by atoms with van der Waals surface area (Å²) < 4.78 is 6.34. The topological polar surface area (TPSA) is 38.9 Å². The first-order valence-electron chi connectivity index (χ1n) is 20.8. The van der Waals surface area contributed by atoms with Gasteiger partial charge in [-0.2, -0.15) is 0 Å². The van der Waals surface area contributed by atoms with Crippen LogP contribution in [0, 0.1) is 0 Å². The van der Waals surface area contributed by atoms with E-state index in [1.807, 2.05) is 18.2 Å². The highest BCUT2D eigenvalue weighted by Gasteiger charge is 2.19. The molecule has 0 saturated carbocycles. The highest BCUT2D eigenvalue weighted by Crippen LogP contribution is 2.44. The van der Waals surface area contributed by atoms with Gasteiger partial charge in [0.25, 0.3) is 0 Å². The van der Waals surface area contributed by atoms with E-state index in [0.717, 1.165) is 44.8 Å². The van der Waals surface area contributed by atoms with E-state index in [4.69, 9.17) is 14.4 Å². The third kappa shape index (κ3) is 5.31. The Hall–Kier alpha value is -8.14. The highest BCUT2D eigenvalue weighted by atomic mass is 16.3. The minimum absolute atomic E-state index is 0.700. The Balaban J connectivity index is 1.02. The molecule has 61 heavy (non-hydrogen) atoms. The SMILES string of the molecule is c1ccc(-c2cccc(-c3cc(-c4ccc5c6ccccc6c6ccc(-c7ccc8c(c7)c7cccc9oc%10cccc8c%10c97)cc6c5c4)nc(-c4ccccc4)n3)c2)cc1. The Labute approximate surface area is 351 Å². The van der Waals surface area contributed by atoms with Crippen molar-refractivity contribution in [2.24, 2.45) is 0 Å². The Morgan fingerprint density at radius 3 is 1.26 bits per heavy atom. The van der Waals surface area contributed by atoms with Gasteiger partial charge in [-0.25, -0.2) is 9.97 Å². The summed E-state index contributed by atoms with van der Waals surface area (Å²) >= 11 is 0. The minimum atomic E-state index is 0.700. The Kier molecular flexibility index (Phi) is 7.31. The van der Waals surface area contributed by atoms with Gasteiger partial charge in [-0.15, -0.1) is 0 Å². The van der Waals surface area contributed by atoms with Crippen molar-refractivity contribution in [2.75, 3.05) is 0 Å². The van der Waals surface area contributed by atoms with Crippen molar-refractivity contribution in [1.82, 2.24) is 9.97 Å². The van der Waals surface area contributed by atoms with E-state index >= 15 is 0 Å². The third-order valence-corrected chi connectivity index (χ3v) is 12.6. The van der Waals surface area contributed by atoms with Gasteiger partial charge in [-0.05, 0) is 119 Å². The summed E-state index contributed by atoms with van der Waals surface area (Å²) in [5, 5.41) is 14.7. The molecule has 13 aromatic rings. The van der Waals surface area contributed by atoms with Gasteiger partial charge in [-0.3, -0.25) is 0 Å². The molecule has 0 amide bonds. The number of fused-ring (bicyclic) bond motifs is 9. The summed E-state index contributed by atoms with van der Waals surface area (Å²) in [6.07, 6.45) is 0. The molecule has 2 aromatic heterocycles. The van der Waals surface area contributed by atoms with Crippen LogP contribution in [0.5, 0.6) is 0 Å². The summed E-state index contributed by atoms with van der Waals surface area (Å²) in [5.74, 6) is 0.700. The van der Waals surface area contributed by atoms with E-state index in [9.17, 15) is 0 Å². The fraction of sp³-hybridized carbons (Fsp3) is 0. The van der Waals surface area contributed by atoms with Crippen LogP contribution in [0.1, 0.15) is 0 Å². The normalized spacial score (nSPS) is 11.9. The lowest BCUT2D eigenvalue weighted by Gasteiger charge is -2.15. The van der Waals surface area contributed by atoms with Crippen molar-refractivity contribution in [3.63, 3.8) is 0 Å². The molecule has 3 heteroatoms. The summed E-state index contributed by atoms with van der Waals surface area (Å²) in [4.78, 5) is 10.4. The van der Waals surface area contributed by atoms with E-state index in [2.05, 4.69) is 188 Å². The van der Waals surface area contributed by atoms with Crippen LogP contribution in [-0.4, -0.2) is 9.97 Å². The average Bonchev–Trinajstić information content (AvgIpc) is 3.73. The molecule has 0 atom stereocenters. The maximum atomic E-state index is 6.34. The molecule has 282 valence electrons. The molecule has 0 bridgehead atoms. The zero-order valence-electron chi connectivity index (χ0n) is 32.9. The first kappa shape index (κ1) is 33.8. The quantitative estimate of drug-likeness (QED) is 0.164. The van der Waals surface area contributed by atoms with Crippen LogP contribution in [-0.2, 0) is 0 Å². The largest absolute Gasteiger partial charge is 0.456 e. The number of benzene rings is 11. The zero-order valence-corrected chi connectivity index (χ0v) is 32.9. The second-order valence-corrected chi connectivity index (χ2v) is 16.1. The van der Waals surface area contributed by atoms with Crippen molar-refractivity contribution in [3.05, 3.63) is 206 Å². The highest BCUT2D eigenvalue weighted by molar-refractivity contribution is 6.33. The van der Waals surface area contributed by atoms with Crippen molar-refractivity contribution in [3.8, 4) is 56.2 Å². The van der Waals surface area contributed by atoms with E-state index in [1.165, 1.54) is 81.3 Å². The fourth-order valence-corrected chi connectivity index (χ4v) is 9.74. The zero-order chi connectivity index (χ0) is 40.0. The molecule has 0 aliphatic heterocycles. The molecule has 2 heterocycles. The van der Waals surface area contributed by atoms with Crippen LogP contribution in [0.2, 0.25) is 0 Å². The molecule has 0 spiro atoms. The molecule has 0 fully saturated rings. The molecule has 0 saturated heterocycles. The summed E-state index contributed by atoms with van der Waals surface area (Å²) in [7, 11) is 0. The van der Waals surface area contributed by atoms with Crippen LogP contribution < -0.4 is 0 Å². The molecule has 0 aliphatic carbocycles. The number of rotatable bonds is 5. The lowest BCUT2D eigenvalue weighted by molar-refractivity contribution is 0.669. The monoisotopic (exact) mass is 774 g/mol. The second-order valence-electron chi connectivity index (χ2n) is 16.1. The Bertz CT molecular complexity index is 3870. The minimum Gasteiger partial charge on any atom is -0.456 e. The lowest BCUT2D eigenvalue weighted by Crippen LogP contribution is -1.96. The number of nitrogens with zero attached hydrogens (tertiary/aromatic N) is 2. The van der Waals surface area contributed by atoms with Gasteiger partial charge in [0.15, 0.2) is 5.82 Å². The number of aromatic nitrogens is 2. The Morgan fingerprint density at radius 1 is 0.246 bits per heavy atom. The molecule has 0 radical (unpaired) electrons. The van der Waals surface area contributed by atoms with E-state index < -0.39 is 0 Å². The van der Waals surface area contributed by atoms with Crippen molar-refractivity contribution in [2.45, 2.75) is 0 Å². The molecule has 13 rings (SSSR count). The smallest absolute Gasteiger partial charge is 0.160 e. The number of furan rings is 1. The van der Waals surface area contributed by atoms with Gasteiger partial charge in [0, 0.05) is 27.5 Å². The van der Waals surface area contributed by atoms with Crippen molar-refractivity contribution < 1.29 is 4.42 Å². The summed E-state index contributed by atoms with van der Waals surface area (Å²) in [5.41, 5.74) is 11.4. The van der Waals surface area contributed by atoms with Crippen LogP contribution >= 0.6 is 0 Å². The predicted molar refractivity (Wildman–Crippen MR) is 255 cm³/mol. The summed E-state index contributed by atoms with van der Waals surface area (Å²) in [6.45, 7) is 0. The third-order valence-electron chi connectivity index (χ3n) is 12.6. The maximum Gasteiger partial charge on any atom is 0.160 e. The maximum absolute atomic E-state index is 6.34. The number of hydrogen-bond acceptors (Lipinski definition) is 3. The van der Waals surface area contributed by atoms with Gasteiger partial charge < -0.3 is 4.42 Å². The van der Waals surface area contributed by atoms with Crippen molar-refractivity contribution >= 4 is 75.8 Å². The van der Waals surface area contributed by atoms with Gasteiger partial charge in [0.2, 0.25) is 0 Å². The van der Waals surface area contributed by atoms with E-state index in [1.54, 1.807) is 0 Å². The van der Waals surface area contributed by atoms with E-state index in [0.29, 0.717) is 5.82 Å². The molecular weight excluding hydrogens is 741 g/mol. The van der Waals surface area contributed by atoms with Gasteiger partial charge in [-0.1, -0.05) is 164 Å². The second kappa shape index (κ2) is 13.2. The first-order valence-corrected chi connectivity index (χ1v) is 20.8. The number of hydrogen-bond donors (Lipinski definition) is 0. The molecule has 0 unspecified atom stereocenters. The van der Waals surface area contributed by atoms with Crippen LogP contribution in [0.4, 0.5) is 0 Å². The van der Waals surface area contributed by atoms with Gasteiger partial charge in [0.05, 0.1) is 11.4 Å². The van der Waals surface area contributed by atoms with Crippen LogP contribution in [0.25, 0.3) is 132 Å². The van der Waals surface area contributed by atoms with Crippen molar-refractivity contribution in [1.29, 1.82) is 0 Å². The Morgan fingerprint density at radius 2 is 0.639 bits per heavy atom. The van der Waals surface area contributed by atoms with Crippen LogP contribution in [0.15, 0.2) is 211 Å². The predicted octanol–water partition coefficient (Wildman–Crippen LogP) is 15.9. The van der Waals surface area contributed by atoms with Gasteiger partial charge in [0.1, 0.15) is 11.2 Å². The standard InChI is InChI=1S/C58H34N2O/c1-3-12-35(13-4-1)37-16-9-17-40(30-37)52-34-53(60-58(59-52)36-14-5-2-6-15-36)41-26-29-45-43-19-8-7-18-42(43)44-27-24-39(32-50(44)51(45)33-41)38-25-28-46-47-20-10-22-54-56(47)57-48(49(46)31-38)21-11-23-55(57)61-54/h1-34H. The van der Waals surface area contributed by atoms with Crippen LogP contribution in [0.3, 0.4) is 0 Å². The molecular formula is C58H34N2O. The van der Waals surface area contributed by atoms with Gasteiger partial charge >= 0.3 is 0 Å². The molecule has 0 N–H and O–H groups in total. The fourth-order valence-electron chi connectivity index (χ4n) is 9.74. The lowest BCUT2D eigenvalue weighted by atomic mass is 9.89. The van der Waals surface area contributed by atoms with E-state index in [-0.39, 0.29) is 0 Å². The average molecular weight is 775 g/mol. The summed E-state index contributed by atoms with van der Waals surface area (Å²) in [6, 6.07) is 74.0. The molecule has 11 aromatic carbocycles.